The van der Waals surface area contributed by atoms with Crippen LogP contribution in [0.25, 0.3) is 11.2 Å². The summed E-state index contributed by atoms with van der Waals surface area (Å²) in [5.74, 6) is 2.37. The Morgan fingerprint density at radius 2 is 1.70 bits per heavy atom. The summed E-state index contributed by atoms with van der Waals surface area (Å²) >= 11 is 0. The van der Waals surface area contributed by atoms with Gasteiger partial charge < -0.3 is 24.8 Å². The average molecular weight is 412 g/mol. The van der Waals surface area contributed by atoms with Crippen LogP contribution in [-0.2, 0) is 0 Å². The van der Waals surface area contributed by atoms with Gasteiger partial charge in [0.05, 0.1) is 27.5 Å². The maximum atomic E-state index is 11.8. The number of pyridine rings is 1. The minimum absolute atomic E-state index is 0.316. The fraction of sp³-hybridized carbons (Fsp3) is 0.300. The van der Waals surface area contributed by atoms with E-state index in [1.54, 1.807) is 51.8 Å². The van der Waals surface area contributed by atoms with Gasteiger partial charge in [-0.05, 0) is 18.6 Å². The minimum atomic E-state index is -0.316. The molecular weight excluding hydrogens is 388 g/mol. The van der Waals surface area contributed by atoms with Crippen LogP contribution in [0.1, 0.15) is 13.3 Å². The van der Waals surface area contributed by atoms with E-state index in [-0.39, 0.29) is 6.03 Å². The highest BCUT2D eigenvalue weighted by Crippen LogP contribution is 2.40. The number of hydrogen-bond acceptors (Lipinski definition) is 8. The molecule has 3 aromatic rings. The molecule has 30 heavy (non-hydrogen) atoms. The van der Waals surface area contributed by atoms with E-state index in [1.165, 1.54) is 0 Å². The van der Waals surface area contributed by atoms with Gasteiger partial charge in [0.15, 0.2) is 23.0 Å². The van der Waals surface area contributed by atoms with Crippen molar-refractivity contribution in [2.45, 2.75) is 13.3 Å². The zero-order chi connectivity index (χ0) is 21.5. The number of methoxy groups -OCH3 is 3. The van der Waals surface area contributed by atoms with Crippen molar-refractivity contribution < 1.29 is 19.0 Å². The molecule has 0 saturated heterocycles. The van der Waals surface area contributed by atoms with E-state index in [1.807, 2.05) is 6.92 Å². The number of nitrogens with one attached hydrogen (secondary N) is 3. The van der Waals surface area contributed by atoms with Crippen molar-refractivity contribution in [1.82, 2.24) is 20.3 Å². The van der Waals surface area contributed by atoms with Crippen molar-refractivity contribution in [3.8, 4) is 17.2 Å². The summed E-state index contributed by atoms with van der Waals surface area (Å²) in [4.78, 5) is 25.1. The molecular formula is C20H24N6O4. The molecule has 0 radical (unpaired) electrons. The number of urea groups is 1. The van der Waals surface area contributed by atoms with Gasteiger partial charge in [-0.1, -0.05) is 6.92 Å². The molecule has 0 aliphatic heterocycles. The van der Waals surface area contributed by atoms with Crippen molar-refractivity contribution in [3.05, 3.63) is 30.5 Å². The molecule has 0 unspecified atom stereocenters. The summed E-state index contributed by atoms with van der Waals surface area (Å²) in [7, 11) is 4.64. The molecule has 0 saturated carbocycles. The fourth-order valence-electron chi connectivity index (χ4n) is 2.73. The molecule has 2 amide bonds. The number of nitrogens with zero attached hydrogens (tertiary/aromatic N) is 3. The van der Waals surface area contributed by atoms with Crippen LogP contribution in [0.2, 0.25) is 0 Å². The van der Waals surface area contributed by atoms with Crippen LogP contribution < -0.4 is 30.2 Å². The number of rotatable bonds is 8. The standard InChI is InChI=1S/C20H24N6O4/c1-5-8-21-20(27)26-16-7-6-13-19(24-16)25-17(11-22-13)23-12-9-14(28-2)18(30-4)15(10-12)29-3/h6-7,9-11H,5,8H2,1-4H3,(H3,21,23,24,25,26,27). The third-order valence-corrected chi connectivity index (χ3v) is 4.12. The minimum Gasteiger partial charge on any atom is -0.493 e. The second kappa shape index (κ2) is 9.59. The number of amides is 2. The van der Waals surface area contributed by atoms with Gasteiger partial charge in [-0.25, -0.2) is 19.7 Å². The molecule has 10 nitrogen and oxygen atoms in total. The number of fused-ring (bicyclic) bond motifs is 1. The molecule has 1 aromatic carbocycles. The Hall–Kier alpha value is -3.82. The average Bonchev–Trinajstić information content (AvgIpc) is 2.76. The molecule has 3 rings (SSSR count). The van der Waals surface area contributed by atoms with Crippen LogP contribution in [-0.4, -0.2) is 48.9 Å². The Morgan fingerprint density at radius 1 is 1.00 bits per heavy atom. The maximum Gasteiger partial charge on any atom is 0.320 e. The van der Waals surface area contributed by atoms with Crippen LogP contribution in [0.5, 0.6) is 17.2 Å². The van der Waals surface area contributed by atoms with E-state index in [4.69, 9.17) is 14.2 Å². The number of hydrogen-bond donors (Lipinski definition) is 3. The molecule has 10 heteroatoms. The number of carbonyl (C=O) groups excluding carboxylic acids is 1. The summed E-state index contributed by atoms with van der Waals surface area (Å²) < 4.78 is 16.1. The van der Waals surface area contributed by atoms with Crippen molar-refractivity contribution in [2.24, 2.45) is 0 Å². The quantitative estimate of drug-likeness (QED) is 0.515. The van der Waals surface area contributed by atoms with E-state index in [2.05, 4.69) is 30.9 Å². The van der Waals surface area contributed by atoms with E-state index in [0.717, 1.165) is 6.42 Å². The Kier molecular flexibility index (Phi) is 6.68. The second-order valence-corrected chi connectivity index (χ2v) is 6.21. The summed E-state index contributed by atoms with van der Waals surface area (Å²) in [5.41, 5.74) is 1.66. The zero-order valence-corrected chi connectivity index (χ0v) is 17.3. The highest BCUT2D eigenvalue weighted by atomic mass is 16.5. The third-order valence-electron chi connectivity index (χ3n) is 4.12. The first-order valence-corrected chi connectivity index (χ1v) is 9.33. The molecule has 0 aliphatic carbocycles. The van der Waals surface area contributed by atoms with Gasteiger partial charge in [-0.3, -0.25) is 5.32 Å². The van der Waals surface area contributed by atoms with Crippen LogP contribution in [0.3, 0.4) is 0 Å². The van der Waals surface area contributed by atoms with Gasteiger partial charge in [-0.15, -0.1) is 0 Å². The number of carbonyl (C=O) groups is 1. The molecule has 0 atom stereocenters. The van der Waals surface area contributed by atoms with Crippen molar-refractivity contribution in [3.63, 3.8) is 0 Å². The number of benzene rings is 1. The first-order chi connectivity index (χ1) is 14.6. The Balaban J connectivity index is 1.85. The van der Waals surface area contributed by atoms with Crippen LogP contribution in [0.4, 0.5) is 22.1 Å². The first kappa shape index (κ1) is 20.9. The van der Waals surface area contributed by atoms with Gasteiger partial charge in [0, 0.05) is 24.4 Å². The van der Waals surface area contributed by atoms with Crippen LogP contribution >= 0.6 is 0 Å². The topological polar surface area (TPSA) is 120 Å². The number of ether oxygens (including phenoxy) is 3. The van der Waals surface area contributed by atoms with Gasteiger partial charge >= 0.3 is 6.03 Å². The molecule has 0 bridgehead atoms. The summed E-state index contributed by atoms with van der Waals surface area (Å²) in [6, 6.07) is 6.62. The van der Waals surface area contributed by atoms with E-state index >= 15 is 0 Å². The molecule has 158 valence electrons. The lowest BCUT2D eigenvalue weighted by atomic mass is 10.2. The first-order valence-electron chi connectivity index (χ1n) is 9.33. The maximum absolute atomic E-state index is 11.8. The Bertz CT molecular complexity index is 1020. The lowest BCUT2D eigenvalue weighted by molar-refractivity contribution is 0.252. The Morgan fingerprint density at radius 3 is 2.33 bits per heavy atom. The van der Waals surface area contributed by atoms with Crippen molar-refractivity contribution >= 4 is 34.5 Å². The van der Waals surface area contributed by atoms with Crippen molar-refractivity contribution in [1.29, 1.82) is 0 Å². The van der Waals surface area contributed by atoms with Crippen molar-refractivity contribution in [2.75, 3.05) is 38.5 Å². The largest absolute Gasteiger partial charge is 0.493 e. The summed E-state index contributed by atoms with van der Waals surface area (Å²) in [6.07, 6.45) is 2.44. The van der Waals surface area contributed by atoms with Crippen LogP contribution in [0, 0.1) is 0 Å². The summed E-state index contributed by atoms with van der Waals surface area (Å²) in [5, 5.41) is 8.57. The van der Waals surface area contributed by atoms with E-state index in [9.17, 15) is 4.79 Å². The Labute approximate surface area is 174 Å². The predicted octanol–water partition coefficient (Wildman–Crippen LogP) is 3.33. The second-order valence-electron chi connectivity index (χ2n) is 6.21. The highest BCUT2D eigenvalue weighted by molar-refractivity contribution is 5.89. The lowest BCUT2D eigenvalue weighted by Crippen LogP contribution is -2.29. The molecule has 0 spiro atoms. The van der Waals surface area contributed by atoms with Gasteiger partial charge in [0.25, 0.3) is 0 Å². The number of aromatic nitrogens is 3. The SMILES string of the molecule is CCCNC(=O)Nc1ccc2ncc(Nc3cc(OC)c(OC)c(OC)c3)nc2n1. The monoisotopic (exact) mass is 412 g/mol. The number of anilines is 3. The smallest absolute Gasteiger partial charge is 0.320 e. The van der Waals surface area contributed by atoms with Gasteiger partial charge in [0.1, 0.15) is 11.3 Å². The highest BCUT2D eigenvalue weighted by Gasteiger charge is 2.14. The fourth-order valence-corrected chi connectivity index (χ4v) is 2.73. The summed E-state index contributed by atoms with van der Waals surface area (Å²) in [6.45, 7) is 2.56. The van der Waals surface area contributed by atoms with Gasteiger partial charge in [0.2, 0.25) is 5.75 Å². The zero-order valence-electron chi connectivity index (χ0n) is 17.3. The lowest BCUT2D eigenvalue weighted by Gasteiger charge is -2.15. The van der Waals surface area contributed by atoms with E-state index in [0.29, 0.717) is 52.3 Å². The third kappa shape index (κ3) is 4.77. The normalized spacial score (nSPS) is 10.4. The van der Waals surface area contributed by atoms with Crippen LogP contribution in [0.15, 0.2) is 30.5 Å². The molecule has 2 heterocycles. The molecule has 3 N–H and O–H groups in total. The predicted molar refractivity (Wildman–Crippen MR) is 114 cm³/mol. The molecule has 0 fully saturated rings. The molecule has 2 aromatic heterocycles. The van der Waals surface area contributed by atoms with E-state index < -0.39 is 0 Å². The molecule has 0 aliphatic rings. The van der Waals surface area contributed by atoms with Gasteiger partial charge in [-0.2, -0.15) is 0 Å².